The van der Waals surface area contributed by atoms with Crippen molar-refractivity contribution in [1.82, 2.24) is 5.32 Å². The summed E-state index contributed by atoms with van der Waals surface area (Å²) < 4.78 is 15.3. The van der Waals surface area contributed by atoms with Crippen LogP contribution in [0.2, 0.25) is 0 Å². The molecule has 0 aliphatic rings. The van der Waals surface area contributed by atoms with E-state index in [1.807, 2.05) is 18.2 Å². The molecule has 7 heteroatoms. The zero-order chi connectivity index (χ0) is 14.1. The molecule has 0 saturated heterocycles. The standard InChI is InChI=1S/C13H21N3O3.HI/c1-17-7-6-15-13(14)16-9-10-4-5-11(18-2)12(8-10)19-3;/h4-5,8H,6-7,9H2,1-3H3,(H3,14,15,16);1H. The molecule has 0 aromatic heterocycles. The van der Waals surface area contributed by atoms with Crippen molar-refractivity contribution in [3.05, 3.63) is 23.8 Å². The molecule has 1 aromatic rings. The zero-order valence-electron chi connectivity index (χ0n) is 12.0. The van der Waals surface area contributed by atoms with Crippen LogP contribution in [-0.4, -0.2) is 40.4 Å². The second kappa shape index (κ2) is 10.6. The van der Waals surface area contributed by atoms with E-state index in [-0.39, 0.29) is 24.0 Å². The average molecular weight is 395 g/mol. The Hall–Kier alpha value is -1.22. The molecule has 0 heterocycles. The third-order valence-electron chi connectivity index (χ3n) is 2.49. The molecule has 0 atom stereocenters. The molecule has 0 bridgehead atoms. The van der Waals surface area contributed by atoms with Crippen LogP contribution in [0.25, 0.3) is 0 Å². The van der Waals surface area contributed by atoms with Crippen molar-refractivity contribution in [2.75, 3.05) is 34.5 Å². The van der Waals surface area contributed by atoms with Gasteiger partial charge in [-0.3, -0.25) is 0 Å². The van der Waals surface area contributed by atoms with E-state index in [0.717, 1.165) is 5.56 Å². The van der Waals surface area contributed by atoms with Crippen LogP contribution >= 0.6 is 24.0 Å². The number of hydrogen-bond acceptors (Lipinski definition) is 4. The van der Waals surface area contributed by atoms with Gasteiger partial charge >= 0.3 is 0 Å². The van der Waals surface area contributed by atoms with Gasteiger partial charge in [0.1, 0.15) is 0 Å². The number of nitrogens with one attached hydrogen (secondary N) is 1. The van der Waals surface area contributed by atoms with E-state index in [0.29, 0.717) is 37.2 Å². The van der Waals surface area contributed by atoms with Crippen molar-refractivity contribution in [3.8, 4) is 11.5 Å². The molecule has 0 amide bonds. The zero-order valence-corrected chi connectivity index (χ0v) is 14.3. The fourth-order valence-electron chi connectivity index (χ4n) is 1.49. The lowest BCUT2D eigenvalue weighted by Gasteiger charge is -2.09. The number of ether oxygens (including phenoxy) is 3. The van der Waals surface area contributed by atoms with Crippen molar-refractivity contribution in [3.63, 3.8) is 0 Å². The van der Waals surface area contributed by atoms with Gasteiger partial charge in [0.05, 0.1) is 27.4 Å². The molecule has 20 heavy (non-hydrogen) atoms. The first-order valence-electron chi connectivity index (χ1n) is 5.95. The Labute approximate surface area is 136 Å². The van der Waals surface area contributed by atoms with Crippen molar-refractivity contribution < 1.29 is 14.2 Å². The molecule has 0 saturated carbocycles. The minimum absolute atomic E-state index is 0. The molecular formula is C13H22IN3O3. The SMILES string of the molecule is COCCNC(N)=NCc1ccc(OC)c(OC)c1.I. The van der Waals surface area contributed by atoms with Crippen LogP contribution in [0.1, 0.15) is 5.56 Å². The van der Waals surface area contributed by atoms with Gasteiger partial charge in [0, 0.05) is 13.7 Å². The van der Waals surface area contributed by atoms with Gasteiger partial charge in [-0.2, -0.15) is 0 Å². The number of benzene rings is 1. The first-order chi connectivity index (χ1) is 9.21. The summed E-state index contributed by atoms with van der Waals surface area (Å²) >= 11 is 0. The van der Waals surface area contributed by atoms with Crippen LogP contribution in [0.3, 0.4) is 0 Å². The first kappa shape index (κ1) is 18.8. The van der Waals surface area contributed by atoms with Gasteiger partial charge in [-0.1, -0.05) is 6.07 Å². The largest absolute Gasteiger partial charge is 0.493 e. The second-order valence-electron chi connectivity index (χ2n) is 3.81. The summed E-state index contributed by atoms with van der Waals surface area (Å²) in [4.78, 5) is 4.23. The molecule has 0 radical (unpaired) electrons. The summed E-state index contributed by atoms with van der Waals surface area (Å²) in [7, 11) is 4.84. The minimum Gasteiger partial charge on any atom is -0.493 e. The number of methoxy groups -OCH3 is 3. The predicted molar refractivity (Wildman–Crippen MR) is 90.2 cm³/mol. The Morgan fingerprint density at radius 2 is 1.90 bits per heavy atom. The maximum Gasteiger partial charge on any atom is 0.188 e. The molecule has 1 aromatic carbocycles. The van der Waals surface area contributed by atoms with Gasteiger partial charge in [0.15, 0.2) is 17.5 Å². The van der Waals surface area contributed by atoms with Crippen LogP contribution in [-0.2, 0) is 11.3 Å². The topological polar surface area (TPSA) is 78.1 Å². The number of nitrogens with zero attached hydrogens (tertiary/aromatic N) is 1. The second-order valence-corrected chi connectivity index (χ2v) is 3.81. The number of nitrogens with two attached hydrogens (primary N) is 1. The maximum absolute atomic E-state index is 5.72. The highest BCUT2D eigenvalue weighted by Crippen LogP contribution is 2.27. The van der Waals surface area contributed by atoms with Gasteiger partial charge in [-0.05, 0) is 17.7 Å². The van der Waals surface area contributed by atoms with Gasteiger partial charge in [0.25, 0.3) is 0 Å². The monoisotopic (exact) mass is 395 g/mol. The van der Waals surface area contributed by atoms with E-state index in [9.17, 15) is 0 Å². The van der Waals surface area contributed by atoms with E-state index in [4.69, 9.17) is 19.9 Å². The predicted octanol–water partition coefficient (Wildman–Crippen LogP) is 1.37. The Morgan fingerprint density at radius 3 is 2.50 bits per heavy atom. The van der Waals surface area contributed by atoms with Gasteiger partial charge < -0.3 is 25.3 Å². The number of aliphatic imine (C=N–C) groups is 1. The Bertz CT molecular complexity index is 427. The highest BCUT2D eigenvalue weighted by Gasteiger charge is 2.04. The molecule has 114 valence electrons. The van der Waals surface area contributed by atoms with Gasteiger partial charge in [0.2, 0.25) is 0 Å². The summed E-state index contributed by atoms with van der Waals surface area (Å²) in [6.45, 7) is 1.70. The molecule has 0 aliphatic heterocycles. The van der Waals surface area contributed by atoms with E-state index in [1.165, 1.54) is 0 Å². The summed E-state index contributed by atoms with van der Waals surface area (Å²) in [5, 5.41) is 2.95. The smallest absolute Gasteiger partial charge is 0.188 e. The molecular weight excluding hydrogens is 373 g/mol. The van der Waals surface area contributed by atoms with Gasteiger partial charge in [-0.25, -0.2) is 4.99 Å². The first-order valence-corrected chi connectivity index (χ1v) is 5.95. The fourth-order valence-corrected chi connectivity index (χ4v) is 1.49. The molecule has 0 unspecified atom stereocenters. The quantitative estimate of drug-likeness (QED) is 0.316. The van der Waals surface area contributed by atoms with Crippen molar-refractivity contribution >= 4 is 29.9 Å². The summed E-state index contributed by atoms with van der Waals surface area (Å²) in [6, 6.07) is 5.65. The van der Waals surface area contributed by atoms with Crippen molar-refractivity contribution in [2.24, 2.45) is 10.7 Å². The third kappa shape index (κ3) is 6.29. The van der Waals surface area contributed by atoms with Crippen LogP contribution < -0.4 is 20.5 Å². The lowest BCUT2D eigenvalue weighted by atomic mass is 10.2. The Kier molecular flexibility index (Phi) is 9.91. The van der Waals surface area contributed by atoms with Crippen LogP contribution in [0.5, 0.6) is 11.5 Å². The fraction of sp³-hybridized carbons (Fsp3) is 0.462. The molecule has 6 nitrogen and oxygen atoms in total. The van der Waals surface area contributed by atoms with Crippen LogP contribution in [0.15, 0.2) is 23.2 Å². The molecule has 0 spiro atoms. The highest BCUT2D eigenvalue weighted by molar-refractivity contribution is 14.0. The molecule has 3 N–H and O–H groups in total. The van der Waals surface area contributed by atoms with E-state index < -0.39 is 0 Å². The van der Waals surface area contributed by atoms with Crippen molar-refractivity contribution in [2.45, 2.75) is 6.54 Å². The van der Waals surface area contributed by atoms with E-state index >= 15 is 0 Å². The van der Waals surface area contributed by atoms with Crippen LogP contribution in [0.4, 0.5) is 0 Å². The molecule has 0 aliphatic carbocycles. The van der Waals surface area contributed by atoms with E-state index in [2.05, 4.69) is 10.3 Å². The normalized spacial score (nSPS) is 10.7. The number of halogens is 1. The highest BCUT2D eigenvalue weighted by atomic mass is 127. The summed E-state index contributed by atoms with van der Waals surface area (Å²) in [6.07, 6.45) is 0. The number of hydrogen-bond donors (Lipinski definition) is 2. The molecule has 1 rings (SSSR count). The number of guanidine groups is 1. The third-order valence-corrected chi connectivity index (χ3v) is 2.49. The maximum atomic E-state index is 5.72. The van der Waals surface area contributed by atoms with E-state index in [1.54, 1.807) is 21.3 Å². The Balaban J connectivity index is 0.00000361. The summed E-state index contributed by atoms with van der Waals surface area (Å²) in [5.74, 6) is 1.77. The minimum atomic E-state index is 0. The lowest BCUT2D eigenvalue weighted by molar-refractivity contribution is 0.204. The Morgan fingerprint density at radius 1 is 1.20 bits per heavy atom. The molecule has 0 fully saturated rings. The lowest BCUT2D eigenvalue weighted by Crippen LogP contribution is -2.34. The average Bonchev–Trinajstić information content (AvgIpc) is 2.45. The van der Waals surface area contributed by atoms with Crippen molar-refractivity contribution in [1.29, 1.82) is 0 Å². The van der Waals surface area contributed by atoms with Crippen LogP contribution in [0, 0.1) is 0 Å². The number of rotatable bonds is 7. The van der Waals surface area contributed by atoms with Gasteiger partial charge in [-0.15, -0.1) is 24.0 Å². The summed E-state index contributed by atoms with van der Waals surface area (Å²) in [5.41, 5.74) is 6.71.